The molecule has 1 spiro atoms. The number of halogens is 1. The van der Waals surface area contributed by atoms with Gasteiger partial charge in [0.05, 0.1) is 24.0 Å². The van der Waals surface area contributed by atoms with E-state index in [4.69, 9.17) is 35.6 Å². The maximum atomic E-state index is 6.51. The van der Waals surface area contributed by atoms with Crippen molar-refractivity contribution >= 4 is 22.5 Å². The second-order valence-corrected chi connectivity index (χ2v) is 11.7. The first-order valence-corrected chi connectivity index (χ1v) is 13.5. The molecule has 1 aromatic carbocycles. The van der Waals surface area contributed by atoms with E-state index < -0.39 is 24.0 Å². The minimum Gasteiger partial charge on any atom is -0.346 e. The van der Waals surface area contributed by atoms with Gasteiger partial charge in [0.2, 0.25) is 5.79 Å². The van der Waals surface area contributed by atoms with Gasteiger partial charge in [-0.2, -0.15) is 0 Å². The van der Waals surface area contributed by atoms with Crippen LogP contribution in [-0.2, 0) is 30.6 Å². The lowest BCUT2D eigenvalue weighted by Crippen LogP contribution is -2.70. The van der Waals surface area contributed by atoms with Gasteiger partial charge in [0.15, 0.2) is 18.2 Å². The third kappa shape index (κ3) is 3.74. The van der Waals surface area contributed by atoms with Crippen LogP contribution < -0.4 is 0 Å². The van der Waals surface area contributed by atoms with Crippen molar-refractivity contribution in [2.45, 2.75) is 77.0 Å². The molecule has 4 aliphatic heterocycles. The van der Waals surface area contributed by atoms with Gasteiger partial charge in [-0.3, -0.25) is 4.98 Å². The highest BCUT2D eigenvalue weighted by Gasteiger charge is 2.69. The second-order valence-electron chi connectivity index (χ2n) is 11.2. The Labute approximate surface area is 220 Å². The van der Waals surface area contributed by atoms with Gasteiger partial charge in [0.25, 0.3) is 0 Å². The van der Waals surface area contributed by atoms with Crippen LogP contribution in [0, 0.1) is 23.7 Å². The molecule has 2 bridgehead atoms. The van der Waals surface area contributed by atoms with Crippen LogP contribution in [-0.4, -0.2) is 43.9 Å². The molecule has 5 fully saturated rings. The van der Waals surface area contributed by atoms with Crippen molar-refractivity contribution < 1.29 is 24.0 Å². The molecule has 9 nitrogen and oxygen atoms in total. The fourth-order valence-electron chi connectivity index (χ4n) is 7.02. The molecule has 1 saturated carbocycles. The molecule has 2 aromatic heterocycles. The number of pyridine rings is 1. The summed E-state index contributed by atoms with van der Waals surface area (Å²) in [5, 5.41) is 10.3. The topological polar surface area (TPSA) is 89.8 Å². The van der Waals surface area contributed by atoms with E-state index in [0.717, 1.165) is 42.3 Å². The Kier molecular flexibility index (Phi) is 5.62. The van der Waals surface area contributed by atoms with Crippen molar-refractivity contribution in [3.8, 4) is 5.69 Å². The lowest BCUT2D eigenvalue weighted by molar-refractivity contribution is -0.577. The minimum absolute atomic E-state index is 0.102. The monoisotopic (exact) mass is 526 g/mol. The largest absolute Gasteiger partial charge is 0.346 e. The summed E-state index contributed by atoms with van der Waals surface area (Å²) in [4.78, 5) is 16.5. The molecule has 196 valence electrons. The smallest absolute Gasteiger partial charge is 0.201 e. The first-order chi connectivity index (χ1) is 17.9. The number of aromatic nitrogens is 4. The number of hydrogen-bond donors (Lipinski definition) is 0. The SMILES string of the molecule is C[C@H]1[C@H](OCc2cn(-c3ccnc4cc(Cl)ccc34)nn2)O[C@@H]2O[C@@]3(C)CC[C@H]4[C@H](C)CC[C@@H]1[C@@]24OO3. The maximum Gasteiger partial charge on any atom is 0.201 e. The summed E-state index contributed by atoms with van der Waals surface area (Å²) in [5.74, 6) is 0.364. The highest BCUT2D eigenvalue weighted by atomic mass is 35.5. The molecule has 8 rings (SSSR count). The molecule has 6 heterocycles. The zero-order chi connectivity index (χ0) is 25.4. The first-order valence-electron chi connectivity index (χ1n) is 13.1. The van der Waals surface area contributed by atoms with Crippen molar-refractivity contribution in [3.63, 3.8) is 0 Å². The quantitative estimate of drug-likeness (QED) is 0.429. The van der Waals surface area contributed by atoms with Gasteiger partial charge in [-0.1, -0.05) is 30.7 Å². The summed E-state index contributed by atoms with van der Waals surface area (Å²) < 4.78 is 21.0. The standard InChI is InChI=1S/C27H31ClN4O5/c1-15-4-7-21-16(2)24(34-25-27(21)20(15)8-10-26(3,35-25)36-37-27)33-14-18-13-32(31-30-18)23-9-11-29-22-12-17(28)5-6-19(22)23/h5-6,9,11-13,15-16,20-21,24-25H,4,7-8,10,14H2,1-3H3/t15-,16-,20+,21+,24-,25-,26-,27-/m1/s1. The van der Waals surface area contributed by atoms with Gasteiger partial charge in [0, 0.05) is 34.9 Å². The van der Waals surface area contributed by atoms with Gasteiger partial charge in [-0.05, 0) is 62.3 Å². The highest BCUT2D eigenvalue weighted by Crippen LogP contribution is 2.60. The van der Waals surface area contributed by atoms with Gasteiger partial charge in [0.1, 0.15) is 5.69 Å². The van der Waals surface area contributed by atoms with Gasteiger partial charge in [-0.25, -0.2) is 14.5 Å². The molecule has 0 unspecified atom stereocenters. The molecule has 1 aliphatic carbocycles. The number of fused-ring (bicyclic) bond motifs is 3. The molecule has 4 saturated heterocycles. The molecule has 0 N–H and O–H groups in total. The summed E-state index contributed by atoms with van der Waals surface area (Å²) >= 11 is 6.14. The Morgan fingerprint density at radius 2 is 2.03 bits per heavy atom. The lowest BCUT2D eigenvalue weighted by Gasteiger charge is -2.60. The number of nitrogens with zero attached hydrogens (tertiary/aromatic N) is 4. The van der Waals surface area contributed by atoms with Crippen molar-refractivity contribution in [2.75, 3.05) is 0 Å². The minimum atomic E-state index is -0.803. The Morgan fingerprint density at radius 1 is 1.14 bits per heavy atom. The molecule has 0 amide bonds. The maximum absolute atomic E-state index is 6.51. The lowest BCUT2D eigenvalue weighted by atomic mass is 9.58. The van der Waals surface area contributed by atoms with E-state index in [0.29, 0.717) is 22.6 Å². The number of hydrogen-bond acceptors (Lipinski definition) is 8. The predicted molar refractivity (Wildman–Crippen MR) is 133 cm³/mol. The van der Waals surface area contributed by atoms with E-state index in [-0.39, 0.29) is 18.4 Å². The fourth-order valence-corrected chi connectivity index (χ4v) is 7.18. The highest BCUT2D eigenvalue weighted by molar-refractivity contribution is 6.31. The summed E-state index contributed by atoms with van der Waals surface area (Å²) in [6.45, 7) is 6.70. The third-order valence-corrected chi connectivity index (χ3v) is 9.20. The van der Waals surface area contributed by atoms with E-state index in [1.165, 1.54) is 0 Å². The Morgan fingerprint density at radius 3 is 2.92 bits per heavy atom. The molecule has 10 heteroatoms. The van der Waals surface area contributed by atoms with Crippen LogP contribution in [0.15, 0.2) is 36.7 Å². The Bertz CT molecular complexity index is 1340. The van der Waals surface area contributed by atoms with Gasteiger partial charge >= 0.3 is 0 Å². The van der Waals surface area contributed by atoms with Crippen LogP contribution in [0.2, 0.25) is 5.02 Å². The second kappa shape index (κ2) is 8.69. The van der Waals surface area contributed by atoms with Crippen LogP contribution in [0.25, 0.3) is 16.6 Å². The van der Waals surface area contributed by atoms with Crippen LogP contribution in [0.5, 0.6) is 0 Å². The first kappa shape index (κ1) is 23.9. The fraction of sp³-hybridized carbons (Fsp3) is 0.593. The average molecular weight is 527 g/mol. The normalized spacial score (nSPS) is 38.9. The zero-order valence-electron chi connectivity index (χ0n) is 21.2. The molecule has 3 aromatic rings. The third-order valence-electron chi connectivity index (χ3n) is 8.96. The summed E-state index contributed by atoms with van der Waals surface area (Å²) in [6.07, 6.45) is 6.61. The van der Waals surface area contributed by atoms with E-state index >= 15 is 0 Å². The van der Waals surface area contributed by atoms with Gasteiger partial charge in [-0.15, -0.1) is 5.10 Å². The van der Waals surface area contributed by atoms with E-state index in [9.17, 15) is 0 Å². The van der Waals surface area contributed by atoms with Crippen molar-refractivity contribution in [3.05, 3.63) is 47.4 Å². The van der Waals surface area contributed by atoms with E-state index in [1.807, 2.05) is 37.4 Å². The summed E-state index contributed by atoms with van der Waals surface area (Å²) in [6, 6.07) is 7.53. The van der Waals surface area contributed by atoms with Crippen molar-refractivity contribution in [1.82, 2.24) is 20.0 Å². The van der Waals surface area contributed by atoms with Crippen LogP contribution in [0.4, 0.5) is 0 Å². The Hall–Kier alpha value is -2.14. The summed E-state index contributed by atoms with van der Waals surface area (Å²) in [5.41, 5.74) is 1.79. The number of benzene rings is 1. The summed E-state index contributed by atoms with van der Waals surface area (Å²) in [7, 11) is 0. The van der Waals surface area contributed by atoms with Gasteiger partial charge < -0.3 is 14.2 Å². The molecule has 37 heavy (non-hydrogen) atoms. The zero-order valence-corrected chi connectivity index (χ0v) is 21.9. The van der Waals surface area contributed by atoms with E-state index in [2.05, 4.69) is 29.1 Å². The van der Waals surface area contributed by atoms with Crippen molar-refractivity contribution in [1.29, 1.82) is 0 Å². The number of rotatable bonds is 4. The number of ether oxygens (including phenoxy) is 3. The average Bonchev–Trinajstić information content (AvgIpc) is 3.24. The van der Waals surface area contributed by atoms with Crippen LogP contribution in [0.3, 0.4) is 0 Å². The van der Waals surface area contributed by atoms with E-state index in [1.54, 1.807) is 10.9 Å². The Balaban J connectivity index is 1.12. The van der Waals surface area contributed by atoms with Crippen LogP contribution >= 0.6 is 11.6 Å². The molecule has 8 atom stereocenters. The van der Waals surface area contributed by atoms with Crippen molar-refractivity contribution in [2.24, 2.45) is 23.7 Å². The molecular formula is C27H31ClN4O5. The van der Waals surface area contributed by atoms with Crippen LogP contribution in [0.1, 0.15) is 52.1 Å². The predicted octanol–water partition coefficient (Wildman–Crippen LogP) is 5.19. The molecule has 5 aliphatic rings. The molecule has 0 radical (unpaired) electrons. The molecular weight excluding hydrogens is 496 g/mol.